The van der Waals surface area contributed by atoms with Crippen molar-refractivity contribution in [2.45, 2.75) is 43.3 Å². The Morgan fingerprint density at radius 2 is 1.52 bits per heavy atom. The predicted molar refractivity (Wildman–Crippen MR) is 94.0 cm³/mol. The van der Waals surface area contributed by atoms with Crippen LogP contribution in [0.3, 0.4) is 0 Å². The number of rotatable bonds is 4. The van der Waals surface area contributed by atoms with Gasteiger partial charge in [0.2, 0.25) is 0 Å². The first-order valence-electron chi connectivity index (χ1n) is 7.44. The van der Waals surface area contributed by atoms with Gasteiger partial charge < -0.3 is 5.73 Å². The van der Waals surface area contributed by atoms with Gasteiger partial charge in [-0.25, -0.2) is 0 Å². The van der Waals surface area contributed by atoms with Crippen molar-refractivity contribution in [2.24, 2.45) is 5.73 Å². The molecule has 1 nitrogen and oxygen atoms in total. The lowest BCUT2D eigenvalue weighted by molar-refractivity contribution is 0.590. The van der Waals surface area contributed by atoms with Crippen LogP contribution in [0, 0.1) is 6.92 Å². The maximum atomic E-state index is 5.97. The van der Waals surface area contributed by atoms with E-state index in [1.54, 1.807) is 0 Å². The van der Waals surface area contributed by atoms with Gasteiger partial charge in [-0.05, 0) is 35.6 Å². The Morgan fingerprint density at radius 3 is 2.00 bits per heavy atom. The lowest BCUT2D eigenvalue weighted by atomic mass is 9.87. The van der Waals surface area contributed by atoms with E-state index in [1.165, 1.54) is 21.6 Å². The molecule has 0 radical (unpaired) electrons. The standard InChI is InChI=1S/C19H25NS/c1-14-5-7-15(8-6-14)18(13-20)21-17-11-9-16(10-12-17)19(2,3)4/h5-12,18H,13,20H2,1-4H3. The molecule has 2 N–H and O–H groups in total. The largest absolute Gasteiger partial charge is 0.329 e. The van der Waals surface area contributed by atoms with Gasteiger partial charge in [-0.3, -0.25) is 0 Å². The summed E-state index contributed by atoms with van der Waals surface area (Å²) >= 11 is 1.84. The first-order valence-corrected chi connectivity index (χ1v) is 8.32. The van der Waals surface area contributed by atoms with Crippen molar-refractivity contribution in [1.29, 1.82) is 0 Å². The summed E-state index contributed by atoms with van der Waals surface area (Å²) in [5.41, 5.74) is 10.1. The summed E-state index contributed by atoms with van der Waals surface area (Å²) in [6, 6.07) is 17.6. The van der Waals surface area contributed by atoms with Crippen LogP contribution >= 0.6 is 11.8 Å². The summed E-state index contributed by atoms with van der Waals surface area (Å²) < 4.78 is 0. The molecule has 0 aliphatic carbocycles. The predicted octanol–water partition coefficient (Wildman–Crippen LogP) is 5.08. The molecule has 0 bridgehead atoms. The van der Waals surface area contributed by atoms with Gasteiger partial charge >= 0.3 is 0 Å². The Bertz CT molecular complexity index is 564. The van der Waals surface area contributed by atoms with Crippen LogP contribution in [0.1, 0.15) is 42.7 Å². The first-order chi connectivity index (χ1) is 9.90. The Hall–Kier alpha value is -1.25. The summed E-state index contributed by atoms with van der Waals surface area (Å²) in [6.45, 7) is 9.48. The van der Waals surface area contributed by atoms with Gasteiger partial charge in [0, 0.05) is 16.7 Å². The second-order valence-corrected chi connectivity index (χ2v) is 7.80. The van der Waals surface area contributed by atoms with E-state index in [1.807, 2.05) is 11.8 Å². The third-order valence-corrected chi connectivity index (χ3v) is 4.96. The normalized spacial score (nSPS) is 13.2. The molecule has 1 atom stereocenters. The van der Waals surface area contributed by atoms with Crippen molar-refractivity contribution in [3.63, 3.8) is 0 Å². The fourth-order valence-corrected chi connectivity index (χ4v) is 3.24. The van der Waals surface area contributed by atoms with E-state index >= 15 is 0 Å². The molecule has 0 aliphatic heterocycles. The molecule has 2 heteroatoms. The molecule has 0 saturated carbocycles. The summed E-state index contributed by atoms with van der Waals surface area (Å²) in [5, 5.41) is 0.311. The third-order valence-electron chi connectivity index (χ3n) is 3.66. The Kier molecular flexibility index (Phi) is 5.13. The van der Waals surface area contributed by atoms with E-state index in [9.17, 15) is 0 Å². The maximum absolute atomic E-state index is 5.97. The molecule has 0 amide bonds. The average molecular weight is 299 g/mol. The van der Waals surface area contributed by atoms with Crippen LogP contribution in [-0.4, -0.2) is 6.54 Å². The molecule has 0 aliphatic rings. The van der Waals surface area contributed by atoms with E-state index in [0.29, 0.717) is 11.8 Å². The summed E-state index contributed by atoms with van der Waals surface area (Å²) in [5.74, 6) is 0. The highest BCUT2D eigenvalue weighted by molar-refractivity contribution is 7.99. The van der Waals surface area contributed by atoms with Crippen LogP contribution in [0.4, 0.5) is 0 Å². The van der Waals surface area contributed by atoms with E-state index in [4.69, 9.17) is 5.73 Å². The quantitative estimate of drug-likeness (QED) is 0.796. The second kappa shape index (κ2) is 6.67. The van der Waals surface area contributed by atoms with Crippen LogP contribution in [0.5, 0.6) is 0 Å². The molecule has 112 valence electrons. The molecule has 2 rings (SSSR count). The number of thioether (sulfide) groups is 1. The summed E-state index contributed by atoms with van der Waals surface area (Å²) in [6.07, 6.45) is 0. The van der Waals surface area contributed by atoms with E-state index in [2.05, 4.69) is 76.2 Å². The van der Waals surface area contributed by atoms with Crippen LogP contribution in [0.15, 0.2) is 53.4 Å². The highest BCUT2D eigenvalue weighted by Crippen LogP contribution is 2.35. The Balaban J connectivity index is 2.13. The first kappa shape index (κ1) is 16.1. The van der Waals surface area contributed by atoms with Crippen LogP contribution < -0.4 is 5.73 Å². The van der Waals surface area contributed by atoms with Gasteiger partial charge in [0.25, 0.3) is 0 Å². The van der Waals surface area contributed by atoms with Crippen LogP contribution in [0.2, 0.25) is 0 Å². The van der Waals surface area contributed by atoms with Crippen molar-refractivity contribution in [2.75, 3.05) is 6.54 Å². The van der Waals surface area contributed by atoms with Gasteiger partial charge in [-0.15, -0.1) is 11.8 Å². The minimum Gasteiger partial charge on any atom is -0.329 e. The highest BCUT2D eigenvalue weighted by atomic mass is 32.2. The molecule has 2 aromatic rings. The Labute approximate surface area is 133 Å². The minimum atomic E-state index is 0.202. The molecule has 1 unspecified atom stereocenters. The lowest BCUT2D eigenvalue weighted by Crippen LogP contribution is -2.11. The number of hydrogen-bond donors (Lipinski definition) is 1. The van der Waals surface area contributed by atoms with Gasteiger partial charge in [0.1, 0.15) is 0 Å². The maximum Gasteiger partial charge on any atom is 0.0466 e. The molecular formula is C19H25NS. The number of nitrogens with two attached hydrogens (primary N) is 1. The summed E-state index contributed by atoms with van der Waals surface area (Å²) in [7, 11) is 0. The van der Waals surface area contributed by atoms with Crippen molar-refractivity contribution in [3.05, 3.63) is 65.2 Å². The zero-order valence-corrected chi connectivity index (χ0v) is 14.2. The van der Waals surface area contributed by atoms with Crippen molar-refractivity contribution in [1.82, 2.24) is 0 Å². The Morgan fingerprint density at radius 1 is 0.952 bits per heavy atom. The second-order valence-electron chi connectivity index (χ2n) is 6.53. The molecule has 0 spiro atoms. The molecule has 2 aromatic carbocycles. The van der Waals surface area contributed by atoms with Gasteiger partial charge in [0.05, 0.1) is 0 Å². The molecular weight excluding hydrogens is 274 g/mol. The smallest absolute Gasteiger partial charge is 0.0466 e. The fraction of sp³-hybridized carbons (Fsp3) is 0.368. The number of aryl methyl sites for hydroxylation is 1. The van der Waals surface area contributed by atoms with E-state index < -0.39 is 0 Å². The number of hydrogen-bond acceptors (Lipinski definition) is 2. The lowest BCUT2D eigenvalue weighted by Gasteiger charge is -2.20. The highest BCUT2D eigenvalue weighted by Gasteiger charge is 2.15. The van der Waals surface area contributed by atoms with Crippen molar-refractivity contribution >= 4 is 11.8 Å². The third kappa shape index (κ3) is 4.36. The fourth-order valence-electron chi connectivity index (χ4n) is 2.23. The van der Waals surface area contributed by atoms with E-state index in [0.717, 1.165) is 0 Å². The van der Waals surface area contributed by atoms with Gasteiger partial charge in [-0.2, -0.15) is 0 Å². The molecule has 0 saturated heterocycles. The van der Waals surface area contributed by atoms with Gasteiger partial charge in [0.15, 0.2) is 0 Å². The number of benzene rings is 2. The van der Waals surface area contributed by atoms with Gasteiger partial charge in [-0.1, -0.05) is 62.7 Å². The van der Waals surface area contributed by atoms with Crippen molar-refractivity contribution < 1.29 is 0 Å². The molecule has 0 fully saturated rings. The molecule has 0 aromatic heterocycles. The summed E-state index contributed by atoms with van der Waals surface area (Å²) in [4.78, 5) is 1.28. The van der Waals surface area contributed by atoms with E-state index in [-0.39, 0.29) is 5.41 Å². The van der Waals surface area contributed by atoms with Crippen molar-refractivity contribution in [3.8, 4) is 0 Å². The topological polar surface area (TPSA) is 26.0 Å². The zero-order chi connectivity index (χ0) is 15.5. The molecule has 21 heavy (non-hydrogen) atoms. The zero-order valence-electron chi connectivity index (χ0n) is 13.4. The van der Waals surface area contributed by atoms with Crippen LogP contribution in [-0.2, 0) is 5.41 Å². The monoisotopic (exact) mass is 299 g/mol. The van der Waals surface area contributed by atoms with Crippen LogP contribution in [0.25, 0.3) is 0 Å². The average Bonchev–Trinajstić information content (AvgIpc) is 2.45. The molecule has 0 heterocycles. The minimum absolute atomic E-state index is 0.202. The SMILES string of the molecule is Cc1ccc(C(CN)Sc2ccc(C(C)(C)C)cc2)cc1.